The highest BCUT2D eigenvalue weighted by Crippen LogP contribution is 2.37. The van der Waals surface area contributed by atoms with Gasteiger partial charge >= 0.3 is 5.97 Å². The molecule has 0 radical (unpaired) electrons. The van der Waals surface area contributed by atoms with E-state index < -0.39 is 5.97 Å². The number of carboxylic acids is 1. The van der Waals surface area contributed by atoms with Crippen molar-refractivity contribution in [3.8, 4) is 0 Å². The van der Waals surface area contributed by atoms with Crippen molar-refractivity contribution in [3.63, 3.8) is 0 Å². The molecule has 18 heavy (non-hydrogen) atoms. The van der Waals surface area contributed by atoms with Gasteiger partial charge in [0.25, 0.3) is 0 Å². The molecule has 1 atom stereocenters. The van der Waals surface area contributed by atoms with Crippen LogP contribution in [0.5, 0.6) is 0 Å². The molecule has 1 amide bonds. The van der Waals surface area contributed by atoms with Gasteiger partial charge in [0.15, 0.2) is 0 Å². The number of carbonyl (C=O) groups excluding carboxylic acids is 1. The summed E-state index contributed by atoms with van der Waals surface area (Å²) in [5.74, 6) is -0.767. The average molecular weight is 312 g/mol. The van der Waals surface area contributed by atoms with Crippen LogP contribution in [0.2, 0.25) is 0 Å². The molecule has 1 unspecified atom stereocenters. The largest absolute Gasteiger partial charge is 0.478 e. The van der Waals surface area contributed by atoms with Gasteiger partial charge in [-0.2, -0.15) is 0 Å². The van der Waals surface area contributed by atoms with Gasteiger partial charge in [0, 0.05) is 10.4 Å². The standard InChI is InChI=1S/C13H14BrNO3/c1-7(8-2-3-8)12(16)15-11-5-4-9(14)6-10(11)13(17)18/h4-8H,2-3H2,1H3,(H,15,16)(H,17,18). The molecule has 2 rings (SSSR count). The first kappa shape index (κ1) is 13.1. The Labute approximate surface area is 114 Å². The number of hydrogen-bond acceptors (Lipinski definition) is 2. The SMILES string of the molecule is CC(C(=O)Nc1ccc(Br)cc1C(=O)O)C1CC1. The van der Waals surface area contributed by atoms with E-state index in [-0.39, 0.29) is 17.4 Å². The van der Waals surface area contributed by atoms with Gasteiger partial charge in [-0.3, -0.25) is 4.79 Å². The summed E-state index contributed by atoms with van der Waals surface area (Å²) in [5, 5.41) is 11.8. The smallest absolute Gasteiger partial charge is 0.337 e. The second kappa shape index (κ2) is 5.10. The molecule has 0 aliphatic heterocycles. The van der Waals surface area contributed by atoms with Crippen molar-refractivity contribution in [1.29, 1.82) is 0 Å². The van der Waals surface area contributed by atoms with Gasteiger partial charge in [-0.1, -0.05) is 22.9 Å². The van der Waals surface area contributed by atoms with Crippen molar-refractivity contribution in [2.45, 2.75) is 19.8 Å². The maximum absolute atomic E-state index is 11.9. The molecule has 4 nitrogen and oxygen atoms in total. The predicted molar refractivity (Wildman–Crippen MR) is 71.6 cm³/mol. The molecule has 0 spiro atoms. The van der Waals surface area contributed by atoms with E-state index in [0.717, 1.165) is 12.8 Å². The Morgan fingerprint density at radius 2 is 2.11 bits per heavy atom. The Bertz CT molecular complexity index is 497. The van der Waals surface area contributed by atoms with E-state index in [1.807, 2.05) is 6.92 Å². The van der Waals surface area contributed by atoms with Crippen LogP contribution in [0.4, 0.5) is 5.69 Å². The van der Waals surface area contributed by atoms with Crippen LogP contribution in [0.1, 0.15) is 30.1 Å². The van der Waals surface area contributed by atoms with Crippen LogP contribution < -0.4 is 5.32 Å². The quantitative estimate of drug-likeness (QED) is 0.897. The van der Waals surface area contributed by atoms with Crippen molar-refractivity contribution >= 4 is 33.5 Å². The second-order valence-corrected chi connectivity index (χ2v) is 5.53. The van der Waals surface area contributed by atoms with Gasteiger partial charge in [0.05, 0.1) is 11.3 Å². The first-order chi connectivity index (χ1) is 8.49. The summed E-state index contributed by atoms with van der Waals surface area (Å²) >= 11 is 3.22. The van der Waals surface area contributed by atoms with Gasteiger partial charge in [-0.15, -0.1) is 0 Å². The van der Waals surface area contributed by atoms with Gasteiger partial charge in [0.1, 0.15) is 0 Å². The number of anilines is 1. The molecule has 0 saturated heterocycles. The lowest BCUT2D eigenvalue weighted by atomic mass is 10.1. The summed E-state index contributed by atoms with van der Waals surface area (Å²) in [6.45, 7) is 1.88. The topological polar surface area (TPSA) is 66.4 Å². The van der Waals surface area contributed by atoms with E-state index in [2.05, 4.69) is 21.2 Å². The molecule has 5 heteroatoms. The van der Waals surface area contributed by atoms with Crippen molar-refractivity contribution in [2.24, 2.45) is 11.8 Å². The zero-order valence-corrected chi connectivity index (χ0v) is 11.5. The number of rotatable bonds is 4. The number of benzene rings is 1. The summed E-state index contributed by atoms with van der Waals surface area (Å²) in [4.78, 5) is 23.0. The monoisotopic (exact) mass is 311 g/mol. The van der Waals surface area contributed by atoms with Crippen molar-refractivity contribution in [1.82, 2.24) is 0 Å². The van der Waals surface area contributed by atoms with Crippen LogP contribution in [0.3, 0.4) is 0 Å². The molecule has 1 aliphatic rings. The van der Waals surface area contributed by atoms with Gasteiger partial charge in [-0.05, 0) is 37.0 Å². The van der Waals surface area contributed by atoms with Gasteiger partial charge in [-0.25, -0.2) is 4.79 Å². The number of amides is 1. The van der Waals surface area contributed by atoms with E-state index in [9.17, 15) is 9.59 Å². The maximum atomic E-state index is 11.9. The Hall–Kier alpha value is -1.36. The number of carbonyl (C=O) groups is 2. The molecule has 2 N–H and O–H groups in total. The van der Waals surface area contributed by atoms with Crippen molar-refractivity contribution in [2.75, 3.05) is 5.32 Å². The van der Waals surface area contributed by atoms with Crippen molar-refractivity contribution < 1.29 is 14.7 Å². The van der Waals surface area contributed by atoms with Crippen molar-refractivity contribution in [3.05, 3.63) is 28.2 Å². The summed E-state index contributed by atoms with van der Waals surface area (Å²) in [5.41, 5.74) is 0.448. The lowest BCUT2D eigenvalue weighted by Gasteiger charge is -2.13. The fourth-order valence-electron chi connectivity index (χ4n) is 1.86. The van der Waals surface area contributed by atoms with E-state index >= 15 is 0 Å². The Morgan fingerprint density at radius 3 is 2.67 bits per heavy atom. The molecule has 0 heterocycles. The summed E-state index contributed by atoms with van der Waals surface area (Å²) < 4.78 is 0.674. The van der Waals surface area contributed by atoms with Crippen LogP contribution in [0, 0.1) is 11.8 Å². The molecule has 0 bridgehead atoms. The zero-order chi connectivity index (χ0) is 13.3. The lowest BCUT2D eigenvalue weighted by Crippen LogP contribution is -2.23. The highest BCUT2D eigenvalue weighted by Gasteiger charge is 2.32. The van der Waals surface area contributed by atoms with E-state index in [4.69, 9.17) is 5.11 Å². The fourth-order valence-corrected chi connectivity index (χ4v) is 2.22. The average Bonchev–Trinajstić information content (AvgIpc) is 3.14. The van der Waals surface area contributed by atoms with E-state index in [1.54, 1.807) is 12.1 Å². The molecule has 1 saturated carbocycles. The van der Waals surface area contributed by atoms with Crippen LogP contribution in [-0.2, 0) is 4.79 Å². The number of carboxylic acid groups (broad SMARTS) is 1. The van der Waals surface area contributed by atoms with Crippen LogP contribution in [0.15, 0.2) is 22.7 Å². The van der Waals surface area contributed by atoms with Crippen LogP contribution in [0.25, 0.3) is 0 Å². The number of nitrogens with one attached hydrogen (secondary N) is 1. The molecule has 1 fully saturated rings. The molecular formula is C13H14BrNO3. The Kier molecular flexibility index (Phi) is 3.71. The minimum atomic E-state index is -1.05. The lowest BCUT2D eigenvalue weighted by molar-refractivity contribution is -0.119. The maximum Gasteiger partial charge on any atom is 0.337 e. The third kappa shape index (κ3) is 2.90. The molecular weight excluding hydrogens is 298 g/mol. The molecule has 1 aromatic rings. The van der Waals surface area contributed by atoms with Crippen LogP contribution >= 0.6 is 15.9 Å². The number of hydrogen-bond donors (Lipinski definition) is 2. The Balaban J connectivity index is 2.17. The predicted octanol–water partition coefficient (Wildman–Crippen LogP) is 3.13. The molecule has 1 aromatic carbocycles. The summed E-state index contributed by atoms with van der Waals surface area (Å²) in [6, 6.07) is 4.80. The highest BCUT2D eigenvalue weighted by molar-refractivity contribution is 9.10. The van der Waals surface area contributed by atoms with Gasteiger partial charge < -0.3 is 10.4 Å². The number of aromatic carboxylic acids is 1. The summed E-state index contributed by atoms with van der Waals surface area (Å²) in [7, 11) is 0. The van der Waals surface area contributed by atoms with Crippen LogP contribution in [-0.4, -0.2) is 17.0 Å². The summed E-state index contributed by atoms with van der Waals surface area (Å²) in [6.07, 6.45) is 2.17. The number of halogens is 1. The first-order valence-electron chi connectivity index (χ1n) is 5.82. The van der Waals surface area contributed by atoms with E-state index in [1.165, 1.54) is 6.07 Å². The molecule has 96 valence electrons. The minimum Gasteiger partial charge on any atom is -0.478 e. The molecule has 1 aliphatic carbocycles. The molecule has 0 aromatic heterocycles. The second-order valence-electron chi connectivity index (χ2n) is 4.61. The highest BCUT2D eigenvalue weighted by atomic mass is 79.9. The van der Waals surface area contributed by atoms with Gasteiger partial charge in [0.2, 0.25) is 5.91 Å². The Morgan fingerprint density at radius 1 is 1.44 bits per heavy atom. The third-order valence-corrected chi connectivity index (χ3v) is 3.71. The zero-order valence-electron chi connectivity index (χ0n) is 9.94. The third-order valence-electron chi connectivity index (χ3n) is 3.21. The van der Waals surface area contributed by atoms with E-state index in [0.29, 0.717) is 16.1 Å². The fraction of sp³-hybridized carbons (Fsp3) is 0.385. The first-order valence-corrected chi connectivity index (χ1v) is 6.62. The minimum absolute atomic E-state index is 0.0599. The normalized spacial score (nSPS) is 16.1.